The van der Waals surface area contributed by atoms with Crippen LogP contribution in [0.25, 0.3) is 0 Å². The fourth-order valence-corrected chi connectivity index (χ4v) is 1.14. The van der Waals surface area contributed by atoms with Crippen LogP contribution in [0.4, 0.5) is 0 Å². The van der Waals surface area contributed by atoms with E-state index in [-0.39, 0.29) is 19.3 Å². The largest absolute Gasteiger partial charge is 0.480 e. The summed E-state index contributed by atoms with van der Waals surface area (Å²) in [7, 11) is 0. The molecule has 0 spiro atoms. The van der Waals surface area contributed by atoms with Gasteiger partial charge >= 0.3 is 11.9 Å². The van der Waals surface area contributed by atoms with Gasteiger partial charge < -0.3 is 32.4 Å². The van der Waals surface area contributed by atoms with E-state index in [1.165, 1.54) is 6.33 Å². The Morgan fingerprint density at radius 2 is 1.76 bits per heavy atom. The molecule has 2 atom stereocenters. The van der Waals surface area contributed by atoms with E-state index in [1.54, 1.807) is 6.20 Å². The zero-order chi connectivity index (χ0) is 16.4. The average molecular weight is 301 g/mol. The summed E-state index contributed by atoms with van der Waals surface area (Å²) in [5.74, 6) is -2.65. The number of hydrogen-bond acceptors (Lipinski definition) is 6. The van der Waals surface area contributed by atoms with Crippen LogP contribution < -0.4 is 17.2 Å². The Morgan fingerprint density at radius 1 is 1.19 bits per heavy atom. The molecule has 1 rings (SSSR count). The predicted molar refractivity (Wildman–Crippen MR) is 71.9 cm³/mol. The maximum atomic E-state index is 10.3. The van der Waals surface area contributed by atoms with Crippen LogP contribution in [0.3, 0.4) is 0 Å². The molecule has 21 heavy (non-hydrogen) atoms. The number of carboxylic acids is 2. The normalized spacial score (nSPS) is 12.7. The van der Waals surface area contributed by atoms with E-state index < -0.39 is 29.9 Å². The molecule has 0 aliphatic rings. The Hall–Kier alpha value is -2.46. The van der Waals surface area contributed by atoms with Gasteiger partial charge in [0.15, 0.2) is 0 Å². The van der Waals surface area contributed by atoms with Crippen molar-refractivity contribution < 1.29 is 24.6 Å². The van der Waals surface area contributed by atoms with Crippen LogP contribution in [0, 0.1) is 0 Å². The number of imidazole rings is 1. The van der Waals surface area contributed by atoms with E-state index in [1.807, 2.05) is 0 Å². The molecule has 0 aliphatic heterocycles. The van der Waals surface area contributed by atoms with E-state index in [0.717, 1.165) is 0 Å². The van der Waals surface area contributed by atoms with Crippen LogP contribution in [-0.2, 0) is 20.8 Å². The van der Waals surface area contributed by atoms with Gasteiger partial charge in [-0.05, 0) is 6.42 Å². The van der Waals surface area contributed by atoms with Crippen LogP contribution in [-0.4, -0.2) is 50.1 Å². The molecule has 0 radical (unpaired) electrons. The first-order chi connectivity index (χ1) is 9.73. The maximum absolute atomic E-state index is 10.3. The van der Waals surface area contributed by atoms with E-state index in [2.05, 4.69) is 9.97 Å². The Labute approximate surface area is 120 Å². The molecule has 0 aliphatic carbocycles. The number of amides is 1. The quantitative estimate of drug-likeness (QED) is 0.333. The van der Waals surface area contributed by atoms with Gasteiger partial charge in [0.05, 0.1) is 12.0 Å². The smallest absolute Gasteiger partial charge is 0.320 e. The molecule has 0 saturated carbocycles. The van der Waals surface area contributed by atoms with Crippen molar-refractivity contribution in [3.8, 4) is 0 Å². The van der Waals surface area contributed by atoms with Gasteiger partial charge in [0, 0.05) is 19.0 Å². The average Bonchev–Trinajstić information content (AvgIpc) is 2.89. The molecule has 0 unspecified atom stereocenters. The molecule has 118 valence electrons. The number of nitrogens with one attached hydrogen (secondary N) is 1. The second-order valence-corrected chi connectivity index (χ2v) is 4.16. The summed E-state index contributed by atoms with van der Waals surface area (Å²) in [6.07, 6.45) is 3.50. The molecule has 1 aromatic heterocycles. The van der Waals surface area contributed by atoms with E-state index in [9.17, 15) is 14.4 Å². The second kappa shape index (κ2) is 9.44. The third-order valence-corrected chi connectivity index (χ3v) is 2.32. The number of hydrogen-bond donors (Lipinski definition) is 6. The fourth-order valence-electron chi connectivity index (χ4n) is 1.14. The van der Waals surface area contributed by atoms with Crippen molar-refractivity contribution in [3.05, 3.63) is 18.2 Å². The molecule has 10 heteroatoms. The Balaban J connectivity index is 0.000000384. The molecule has 1 amide bonds. The van der Waals surface area contributed by atoms with E-state index >= 15 is 0 Å². The van der Waals surface area contributed by atoms with Crippen molar-refractivity contribution >= 4 is 17.8 Å². The van der Waals surface area contributed by atoms with Gasteiger partial charge in [0.2, 0.25) is 5.91 Å². The van der Waals surface area contributed by atoms with Gasteiger partial charge in [0.1, 0.15) is 12.1 Å². The molecule has 10 nitrogen and oxygen atoms in total. The first-order valence-corrected chi connectivity index (χ1v) is 5.96. The first kappa shape index (κ1) is 18.5. The zero-order valence-electron chi connectivity index (χ0n) is 11.2. The number of rotatable bonds is 7. The van der Waals surface area contributed by atoms with Crippen molar-refractivity contribution in [1.29, 1.82) is 0 Å². The third-order valence-electron chi connectivity index (χ3n) is 2.32. The number of primary amides is 1. The highest BCUT2D eigenvalue weighted by atomic mass is 16.4. The molecule has 1 heterocycles. The number of aromatic nitrogens is 2. The van der Waals surface area contributed by atoms with Crippen molar-refractivity contribution in [2.24, 2.45) is 17.2 Å². The molecule has 0 saturated heterocycles. The van der Waals surface area contributed by atoms with Crippen molar-refractivity contribution in [1.82, 2.24) is 9.97 Å². The summed E-state index contributed by atoms with van der Waals surface area (Å²) in [6, 6.07) is -1.84. The van der Waals surface area contributed by atoms with Crippen LogP contribution in [0.1, 0.15) is 18.5 Å². The summed E-state index contributed by atoms with van der Waals surface area (Å²) in [6.45, 7) is 0. The van der Waals surface area contributed by atoms with Gasteiger partial charge in [0.25, 0.3) is 0 Å². The van der Waals surface area contributed by atoms with E-state index in [4.69, 9.17) is 27.4 Å². The molecule has 0 bridgehead atoms. The lowest BCUT2D eigenvalue weighted by atomic mass is 10.2. The third kappa shape index (κ3) is 9.13. The van der Waals surface area contributed by atoms with Crippen LogP contribution in [0.5, 0.6) is 0 Å². The van der Waals surface area contributed by atoms with Gasteiger partial charge in [-0.1, -0.05) is 0 Å². The molecule has 9 N–H and O–H groups in total. The van der Waals surface area contributed by atoms with Gasteiger partial charge in [-0.3, -0.25) is 14.4 Å². The highest BCUT2D eigenvalue weighted by Crippen LogP contribution is 1.95. The Morgan fingerprint density at radius 3 is 2.14 bits per heavy atom. The minimum absolute atomic E-state index is 0.0213. The van der Waals surface area contributed by atoms with Crippen LogP contribution in [0.2, 0.25) is 0 Å². The number of carboxylic acid groups (broad SMARTS) is 2. The number of nitrogens with zero attached hydrogens (tertiary/aromatic N) is 1. The van der Waals surface area contributed by atoms with Crippen LogP contribution in [0.15, 0.2) is 12.5 Å². The van der Waals surface area contributed by atoms with Gasteiger partial charge in [-0.15, -0.1) is 0 Å². The lowest BCUT2D eigenvalue weighted by molar-refractivity contribution is -0.139. The van der Waals surface area contributed by atoms with E-state index in [0.29, 0.717) is 5.69 Å². The molecular formula is C11H19N5O5. The maximum Gasteiger partial charge on any atom is 0.320 e. The SMILES string of the molecule is NC(=O)CC[C@H](N)C(=O)O.N[C@@H](Cc1c[nH]cn1)C(=O)O. The monoisotopic (exact) mass is 301 g/mol. The number of H-pyrrole nitrogens is 1. The zero-order valence-corrected chi connectivity index (χ0v) is 11.2. The highest BCUT2D eigenvalue weighted by molar-refractivity contribution is 5.77. The molecule has 1 aromatic rings. The Kier molecular flexibility index (Phi) is 8.34. The van der Waals surface area contributed by atoms with Gasteiger partial charge in [-0.25, -0.2) is 4.98 Å². The minimum atomic E-state index is -1.11. The number of nitrogens with two attached hydrogens (primary N) is 3. The predicted octanol–water partition coefficient (Wildman–Crippen LogP) is -1.97. The summed E-state index contributed by atoms with van der Waals surface area (Å²) in [5, 5.41) is 16.6. The number of carbonyl (C=O) groups excluding carboxylic acids is 1. The topological polar surface area (TPSA) is 198 Å². The lowest BCUT2D eigenvalue weighted by Crippen LogP contribution is -2.32. The lowest BCUT2D eigenvalue weighted by Gasteiger charge is -2.01. The van der Waals surface area contributed by atoms with Crippen molar-refractivity contribution in [2.75, 3.05) is 0 Å². The summed E-state index contributed by atoms with van der Waals surface area (Å²) in [5.41, 5.74) is 15.7. The highest BCUT2D eigenvalue weighted by Gasteiger charge is 2.12. The number of carbonyl (C=O) groups is 3. The first-order valence-electron chi connectivity index (χ1n) is 5.96. The number of aliphatic carboxylic acids is 2. The number of aromatic amines is 1. The minimum Gasteiger partial charge on any atom is -0.480 e. The summed E-state index contributed by atoms with van der Waals surface area (Å²) >= 11 is 0. The molecular weight excluding hydrogens is 282 g/mol. The standard InChI is InChI=1S/C6H9N3O2.C5H10N2O3/c7-5(6(10)11)1-4-2-8-3-9-4;6-3(5(9)10)1-2-4(7)8/h2-3,5H,1,7H2,(H,8,9)(H,10,11);3H,1-2,6H2,(H2,7,8)(H,9,10)/t5-;3-/m00/s1. The molecule has 0 fully saturated rings. The summed E-state index contributed by atoms with van der Waals surface area (Å²) < 4.78 is 0. The summed E-state index contributed by atoms with van der Waals surface area (Å²) in [4.78, 5) is 37.0. The Bertz CT molecular complexity index is 462. The fraction of sp³-hybridized carbons (Fsp3) is 0.455. The van der Waals surface area contributed by atoms with Crippen molar-refractivity contribution in [2.45, 2.75) is 31.3 Å². The van der Waals surface area contributed by atoms with Crippen molar-refractivity contribution in [3.63, 3.8) is 0 Å². The van der Waals surface area contributed by atoms with Gasteiger partial charge in [-0.2, -0.15) is 0 Å². The molecule has 0 aromatic carbocycles. The van der Waals surface area contributed by atoms with Crippen LogP contribution >= 0.6 is 0 Å². The second-order valence-electron chi connectivity index (χ2n) is 4.16.